The van der Waals surface area contributed by atoms with E-state index in [0.717, 1.165) is 28.3 Å². The quantitative estimate of drug-likeness (QED) is 0.462. The number of hydrogen-bond donors (Lipinski definition) is 0. The van der Waals surface area contributed by atoms with Crippen LogP contribution in [0.3, 0.4) is 0 Å². The Hall–Kier alpha value is -3.65. The zero-order valence-corrected chi connectivity index (χ0v) is 17.3. The number of ether oxygens (including phenoxy) is 3. The Balaban J connectivity index is 1.39. The van der Waals surface area contributed by atoms with Crippen molar-refractivity contribution in [3.8, 4) is 34.5 Å². The highest BCUT2D eigenvalue weighted by molar-refractivity contribution is 5.65. The number of aromatic nitrogens is 4. The van der Waals surface area contributed by atoms with E-state index in [0.29, 0.717) is 37.2 Å². The number of imidazole rings is 1. The van der Waals surface area contributed by atoms with Crippen LogP contribution in [0.15, 0.2) is 59.4 Å². The van der Waals surface area contributed by atoms with Crippen LogP contribution in [0, 0.1) is 0 Å². The molecule has 0 aliphatic carbocycles. The summed E-state index contributed by atoms with van der Waals surface area (Å²) < 4.78 is 24.6. The van der Waals surface area contributed by atoms with Gasteiger partial charge in [-0.1, -0.05) is 29.4 Å². The largest absolute Gasteiger partial charge is 0.497 e. The Morgan fingerprint density at radius 1 is 1.13 bits per heavy atom. The lowest BCUT2D eigenvalue weighted by molar-refractivity contribution is 0.00328. The molecule has 0 radical (unpaired) electrons. The number of hydrogen-bond acceptors (Lipinski definition) is 7. The fraction of sp³-hybridized carbons (Fsp3) is 0.261. The van der Waals surface area contributed by atoms with Crippen LogP contribution in [-0.4, -0.2) is 33.4 Å². The Kier molecular flexibility index (Phi) is 5.13. The smallest absolute Gasteiger partial charge is 0.278 e. The fourth-order valence-electron chi connectivity index (χ4n) is 3.69. The number of para-hydroxylation sites is 1. The van der Waals surface area contributed by atoms with Crippen molar-refractivity contribution in [3.63, 3.8) is 0 Å². The lowest BCUT2D eigenvalue weighted by Gasteiger charge is -2.25. The third-order valence-corrected chi connectivity index (χ3v) is 5.27. The molecule has 31 heavy (non-hydrogen) atoms. The maximum atomic E-state index is 6.12. The Morgan fingerprint density at radius 3 is 2.77 bits per heavy atom. The first-order valence-corrected chi connectivity index (χ1v) is 10.1. The minimum absolute atomic E-state index is 0.0585. The van der Waals surface area contributed by atoms with E-state index in [4.69, 9.17) is 18.7 Å². The molecule has 0 bridgehead atoms. The van der Waals surface area contributed by atoms with Crippen molar-refractivity contribution < 1.29 is 18.7 Å². The van der Waals surface area contributed by atoms with Gasteiger partial charge in [-0.3, -0.25) is 0 Å². The van der Waals surface area contributed by atoms with Gasteiger partial charge in [0, 0.05) is 0 Å². The van der Waals surface area contributed by atoms with E-state index < -0.39 is 0 Å². The van der Waals surface area contributed by atoms with Gasteiger partial charge < -0.3 is 23.3 Å². The molecule has 0 unspecified atom stereocenters. The summed E-state index contributed by atoms with van der Waals surface area (Å²) in [7, 11) is 1.66. The number of rotatable bonds is 6. The molecule has 8 heteroatoms. The number of nitrogens with zero attached hydrogens (tertiary/aromatic N) is 4. The van der Waals surface area contributed by atoms with Crippen molar-refractivity contribution in [2.45, 2.75) is 26.2 Å². The molecule has 0 spiro atoms. The van der Waals surface area contributed by atoms with E-state index in [1.165, 1.54) is 0 Å². The molecule has 5 rings (SSSR count). The molecule has 2 aromatic heterocycles. The summed E-state index contributed by atoms with van der Waals surface area (Å²) >= 11 is 0. The standard InChI is InChI=1S/C23H22N4O4/c1-3-29-19-7-5-4-6-17(19)22-25-23(31-26-22)21-18-13-30-20(12-27(18)14-24-21)15-8-10-16(28-2)11-9-15/h4-11,14,20H,3,12-13H2,1-2H3/t20-/m0/s1. The first-order valence-electron chi connectivity index (χ1n) is 10.1. The van der Waals surface area contributed by atoms with Crippen LogP contribution in [0.5, 0.6) is 11.5 Å². The highest BCUT2D eigenvalue weighted by atomic mass is 16.5. The number of methoxy groups -OCH3 is 1. The average Bonchev–Trinajstić information content (AvgIpc) is 3.46. The Labute approximate surface area is 179 Å². The van der Waals surface area contributed by atoms with Crippen LogP contribution in [0.25, 0.3) is 23.0 Å². The average molecular weight is 418 g/mol. The maximum Gasteiger partial charge on any atom is 0.278 e. The van der Waals surface area contributed by atoms with Gasteiger partial charge >= 0.3 is 0 Å². The van der Waals surface area contributed by atoms with Gasteiger partial charge in [-0.05, 0) is 36.8 Å². The molecule has 158 valence electrons. The zero-order valence-electron chi connectivity index (χ0n) is 17.3. The molecular formula is C23H22N4O4. The van der Waals surface area contributed by atoms with Crippen LogP contribution in [0.1, 0.15) is 24.3 Å². The second kappa shape index (κ2) is 8.23. The predicted molar refractivity (Wildman–Crippen MR) is 113 cm³/mol. The summed E-state index contributed by atoms with van der Waals surface area (Å²) in [5.74, 6) is 2.37. The Bertz CT molecular complexity index is 1180. The highest BCUT2D eigenvalue weighted by Crippen LogP contribution is 2.33. The van der Waals surface area contributed by atoms with Crippen LogP contribution in [0.2, 0.25) is 0 Å². The zero-order chi connectivity index (χ0) is 21.2. The van der Waals surface area contributed by atoms with Gasteiger partial charge in [0.2, 0.25) is 5.82 Å². The molecule has 0 saturated carbocycles. The summed E-state index contributed by atoms with van der Waals surface area (Å²) in [5.41, 5.74) is 3.43. The SMILES string of the molecule is CCOc1ccccc1-c1noc(-c2ncn3c2CO[C@H](c2ccc(OC)cc2)C3)n1. The van der Waals surface area contributed by atoms with Crippen molar-refractivity contribution in [3.05, 3.63) is 66.1 Å². The lowest BCUT2D eigenvalue weighted by atomic mass is 10.1. The lowest BCUT2D eigenvalue weighted by Crippen LogP contribution is -2.20. The van der Waals surface area contributed by atoms with E-state index in [2.05, 4.69) is 19.7 Å². The monoisotopic (exact) mass is 418 g/mol. The second-order valence-electron chi connectivity index (χ2n) is 7.12. The molecule has 4 aromatic rings. The molecule has 0 N–H and O–H groups in total. The molecule has 1 aliphatic heterocycles. The molecule has 8 nitrogen and oxygen atoms in total. The van der Waals surface area contributed by atoms with E-state index >= 15 is 0 Å². The minimum Gasteiger partial charge on any atom is -0.497 e. The third kappa shape index (κ3) is 3.66. The van der Waals surface area contributed by atoms with Gasteiger partial charge in [0.15, 0.2) is 5.69 Å². The van der Waals surface area contributed by atoms with Gasteiger partial charge in [-0.15, -0.1) is 0 Å². The molecule has 1 aliphatic rings. The summed E-state index contributed by atoms with van der Waals surface area (Å²) in [4.78, 5) is 9.09. The van der Waals surface area contributed by atoms with E-state index in [-0.39, 0.29) is 6.10 Å². The molecule has 0 amide bonds. The molecule has 0 fully saturated rings. The van der Waals surface area contributed by atoms with Crippen molar-refractivity contribution in [1.29, 1.82) is 0 Å². The van der Waals surface area contributed by atoms with Crippen LogP contribution < -0.4 is 9.47 Å². The molecule has 1 atom stereocenters. The van der Waals surface area contributed by atoms with Gasteiger partial charge in [-0.2, -0.15) is 4.98 Å². The normalized spacial score (nSPS) is 15.5. The summed E-state index contributed by atoms with van der Waals surface area (Å²) in [6, 6.07) is 15.5. The van der Waals surface area contributed by atoms with Crippen molar-refractivity contribution >= 4 is 0 Å². The minimum atomic E-state index is -0.0585. The van der Waals surface area contributed by atoms with Gasteiger partial charge in [-0.25, -0.2) is 4.98 Å². The first-order chi connectivity index (χ1) is 15.3. The first kappa shape index (κ1) is 19.3. The van der Waals surface area contributed by atoms with Crippen molar-refractivity contribution in [2.24, 2.45) is 0 Å². The molecule has 0 saturated heterocycles. The molecule has 3 heterocycles. The van der Waals surface area contributed by atoms with E-state index in [1.807, 2.05) is 55.5 Å². The fourth-order valence-corrected chi connectivity index (χ4v) is 3.69. The van der Waals surface area contributed by atoms with E-state index in [9.17, 15) is 0 Å². The van der Waals surface area contributed by atoms with Gasteiger partial charge in [0.25, 0.3) is 5.89 Å². The van der Waals surface area contributed by atoms with Gasteiger partial charge in [0.1, 0.15) is 17.6 Å². The van der Waals surface area contributed by atoms with E-state index in [1.54, 1.807) is 13.4 Å². The van der Waals surface area contributed by atoms with Crippen molar-refractivity contribution in [1.82, 2.24) is 19.7 Å². The molecule has 2 aromatic carbocycles. The highest BCUT2D eigenvalue weighted by Gasteiger charge is 2.27. The topological polar surface area (TPSA) is 84.4 Å². The Morgan fingerprint density at radius 2 is 1.97 bits per heavy atom. The molecular weight excluding hydrogens is 396 g/mol. The van der Waals surface area contributed by atoms with Crippen LogP contribution >= 0.6 is 0 Å². The number of fused-ring (bicyclic) bond motifs is 1. The van der Waals surface area contributed by atoms with Crippen LogP contribution in [-0.2, 0) is 17.9 Å². The summed E-state index contributed by atoms with van der Waals surface area (Å²) in [6.07, 6.45) is 1.73. The third-order valence-electron chi connectivity index (χ3n) is 5.27. The van der Waals surface area contributed by atoms with Crippen molar-refractivity contribution in [2.75, 3.05) is 13.7 Å². The summed E-state index contributed by atoms with van der Waals surface area (Å²) in [5, 5.41) is 4.15. The second-order valence-corrected chi connectivity index (χ2v) is 7.12. The van der Waals surface area contributed by atoms with Gasteiger partial charge in [0.05, 0.1) is 44.5 Å². The predicted octanol–water partition coefficient (Wildman–Crippen LogP) is 4.28. The summed E-state index contributed by atoms with van der Waals surface area (Å²) in [6.45, 7) is 3.56. The maximum absolute atomic E-state index is 6.12. The van der Waals surface area contributed by atoms with Crippen LogP contribution in [0.4, 0.5) is 0 Å². The number of benzene rings is 2.